The molecule has 0 bridgehead atoms. The number of benzene rings is 2. The third-order valence-corrected chi connectivity index (χ3v) is 5.25. The maximum absolute atomic E-state index is 13.0. The largest absolute Gasteiger partial charge is 0.507 e. The third kappa shape index (κ3) is 3.32. The zero-order valence-corrected chi connectivity index (χ0v) is 16.1. The summed E-state index contributed by atoms with van der Waals surface area (Å²) in [5.41, 5.74) is 2.31. The van der Waals surface area contributed by atoms with Gasteiger partial charge < -0.3 is 19.7 Å². The zero-order valence-electron chi connectivity index (χ0n) is 16.1. The molecule has 2 heterocycles. The van der Waals surface area contributed by atoms with E-state index in [1.54, 1.807) is 31.4 Å². The normalized spacial score (nSPS) is 18.7. The summed E-state index contributed by atoms with van der Waals surface area (Å²) in [6.45, 7) is 0.830. The van der Waals surface area contributed by atoms with Crippen molar-refractivity contribution in [3.05, 3.63) is 77.5 Å². The van der Waals surface area contributed by atoms with Gasteiger partial charge in [0, 0.05) is 48.5 Å². The minimum atomic E-state index is -0.668. The molecule has 4 rings (SSSR count). The number of rotatable bonds is 6. The molecule has 148 valence electrons. The number of aromatic nitrogens is 1. The lowest BCUT2D eigenvalue weighted by Crippen LogP contribution is -2.31. The van der Waals surface area contributed by atoms with Crippen molar-refractivity contribution < 1.29 is 19.4 Å². The van der Waals surface area contributed by atoms with Gasteiger partial charge >= 0.3 is 0 Å². The van der Waals surface area contributed by atoms with Gasteiger partial charge in [-0.05, 0) is 12.5 Å². The topological polar surface area (TPSA) is 82.6 Å². The lowest BCUT2D eigenvalue weighted by molar-refractivity contribution is -0.140. The highest BCUT2D eigenvalue weighted by atomic mass is 16.5. The van der Waals surface area contributed by atoms with Gasteiger partial charge in [0.1, 0.15) is 5.76 Å². The van der Waals surface area contributed by atoms with Crippen molar-refractivity contribution >= 4 is 28.4 Å². The Labute approximate surface area is 168 Å². The van der Waals surface area contributed by atoms with Gasteiger partial charge in [0.05, 0.1) is 11.6 Å². The third-order valence-electron chi connectivity index (χ3n) is 5.25. The molecule has 0 radical (unpaired) electrons. The number of para-hydroxylation sites is 1. The molecule has 1 aliphatic rings. The number of ether oxygens (including phenoxy) is 1. The molecular formula is C23H22N2O4. The van der Waals surface area contributed by atoms with Crippen LogP contribution in [0.5, 0.6) is 0 Å². The Morgan fingerprint density at radius 3 is 2.59 bits per heavy atom. The molecule has 2 N–H and O–H groups in total. The maximum atomic E-state index is 13.0. The number of carbonyl (C=O) groups is 2. The number of Topliss-reactive ketones (excluding diaryl/α,β-unsaturated/α-hetero) is 1. The Hall–Kier alpha value is -3.38. The number of fused-ring (bicyclic) bond motifs is 1. The van der Waals surface area contributed by atoms with E-state index in [1.807, 2.05) is 36.5 Å². The zero-order chi connectivity index (χ0) is 20.4. The molecule has 0 aliphatic carbocycles. The minimum absolute atomic E-state index is 0.114. The van der Waals surface area contributed by atoms with Gasteiger partial charge in [0.15, 0.2) is 0 Å². The molecule has 1 aromatic heterocycles. The minimum Gasteiger partial charge on any atom is -0.507 e. The quantitative estimate of drug-likeness (QED) is 0.291. The Balaban J connectivity index is 1.88. The fourth-order valence-corrected chi connectivity index (χ4v) is 3.88. The van der Waals surface area contributed by atoms with E-state index in [9.17, 15) is 14.7 Å². The maximum Gasteiger partial charge on any atom is 0.295 e. The number of likely N-dealkylation sites (tertiary alicyclic amines) is 1. The summed E-state index contributed by atoms with van der Waals surface area (Å²) in [5.74, 6) is -1.43. The number of carbonyl (C=O) groups excluding carboxylic acids is 2. The number of nitrogens with zero attached hydrogens (tertiary/aromatic N) is 1. The van der Waals surface area contributed by atoms with Crippen LogP contribution in [0.2, 0.25) is 0 Å². The molecule has 1 atom stereocenters. The summed E-state index contributed by atoms with van der Waals surface area (Å²) in [6.07, 6.45) is 2.40. The van der Waals surface area contributed by atoms with Gasteiger partial charge in [-0.25, -0.2) is 0 Å². The number of ketones is 1. The van der Waals surface area contributed by atoms with Crippen LogP contribution in [0.1, 0.15) is 23.6 Å². The predicted molar refractivity (Wildman–Crippen MR) is 110 cm³/mol. The van der Waals surface area contributed by atoms with Crippen molar-refractivity contribution in [3.63, 3.8) is 0 Å². The fraction of sp³-hybridized carbons (Fsp3) is 0.217. The molecule has 1 aliphatic heterocycles. The van der Waals surface area contributed by atoms with Crippen molar-refractivity contribution in [2.24, 2.45) is 0 Å². The van der Waals surface area contributed by atoms with E-state index in [4.69, 9.17) is 4.74 Å². The van der Waals surface area contributed by atoms with Gasteiger partial charge in [0.25, 0.3) is 11.7 Å². The van der Waals surface area contributed by atoms with Crippen LogP contribution in [-0.2, 0) is 14.3 Å². The molecule has 1 saturated heterocycles. The lowest BCUT2D eigenvalue weighted by atomic mass is 9.95. The highest BCUT2D eigenvalue weighted by molar-refractivity contribution is 6.46. The number of methoxy groups -OCH3 is 1. The molecule has 1 unspecified atom stereocenters. The second kappa shape index (κ2) is 7.93. The van der Waals surface area contributed by atoms with Crippen LogP contribution >= 0.6 is 0 Å². The first kappa shape index (κ1) is 19.0. The molecule has 2 aromatic carbocycles. The Morgan fingerprint density at radius 2 is 1.83 bits per heavy atom. The van der Waals surface area contributed by atoms with Crippen LogP contribution in [0.15, 0.2) is 66.4 Å². The molecular weight excluding hydrogens is 368 g/mol. The smallest absolute Gasteiger partial charge is 0.295 e. The predicted octanol–water partition coefficient (Wildman–Crippen LogP) is 3.63. The van der Waals surface area contributed by atoms with E-state index in [0.29, 0.717) is 25.1 Å². The van der Waals surface area contributed by atoms with Crippen LogP contribution < -0.4 is 0 Å². The molecule has 0 saturated carbocycles. The van der Waals surface area contributed by atoms with Crippen LogP contribution in [0.3, 0.4) is 0 Å². The van der Waals surface area contributed by atoms with Crippen LogP contribution in [0, 0.1) is 0 Å². The van der Waals surface area contributed by atoms with E-state index >= 15 is 0 Å². The van der Waals surface area contributed by atoms with E-state index in [-0.39, 0.29) is 11.3 Å². The van der Waals surface area contributed by atoms with Gasteiger partial charge in [-0.3, -0.25) is 9.59 Å². The Kier molecular flexibility index (Phi) is 5.18. The highest BCUT2D eigenvalue weighted by Gasteiger charge is 2.46. The summed E-state index contributed by atoms with van der Waals surface area (Å²) in [7, 11) is 1.60. The van der Waals surface area contributed by atoms with Crippen molar-refractivity contribution in [1.82, 2.24) is 9.88 Å². The monoisotopic (exact) mass is 390 g/mol. The lowest BCUT2D eigenvalue weighted by Gasteiger charge is -2.24. The van der Waals surface area contributed by atoms with E-state index in [1.165, 1.54) is 4.90 Å². The van der Waals surface area contributed by atoms with Crippen LogP contribution in [0.25, 0.3) is 16.7 Å². The van der Waals surface area contributed by atoms with E-state index in [2.05, 4.69) is 4.98 Å². The van der Waals surface area contributed by atoms with Gasteiger partial charge in [-0.2, -0.15) is 0 Å². The van der Waals surface area contributed by atoms with Crippen molar-refractivity contribution in [2.45, 2.75) is 12.5 Å². The first-order chi connectivity index (χ1) is 14.1. The Morgan fingerprint density at radius 1 is 1.10 bits per heavy atom. The molecule has 1 amide bonds. The standard InChI is InChI=1S/C23H22N2O4/c1-29-13-7-12-25-20(17-14-24-18-11-6-5-10-16(17)18)19(22(27)23(25)28)21(26)15-8-3-2-4-9-15/h2-6,8-11,14,20,24,26H,7,12-13H2,1H3/b21-19+. The second-order valence-corrected chi connectivity index (χ2v) is 6.99. The van der Waals surface area contributed by atoms with Crippen LogP contribution in [0.4, 0.5) is 0 Å². The van der Waals surface area contributed by atoms with E-state index in [0.717, 1.165) is 16.5 Å². The van der Waals surface area contributed by atoms with Crippen LogP contribution in [-0.4, -0.2) is 46.9 Å². The molecule has 0 spiro atoms. The van der Waals surface area contributed by atoms with E-state index < -0.39 is 17.7 Å². The number of hydrogen-bond acceptors (Lipinski definition) is 4. The number of aliphatic hydroxyl groups is 1. The number of aliphatic hydroxyl groups excluding tert-OH is 1. The fourth-order valence-electron chi connectivity index (χ4n) is 3.88. The van der Waals surface area contributed by atoms with Gasteiger partial charge in [-0.1, -0.05) is 48.5 Å². The molecule has 6 nitrogen and oxygen atoms in total. The molecule has 6 heteroatoms. The average Bonchev–Trinajstić information content (AvgIpc) is 3.28. The summed E-state index contributed by atoms with van der Waals surface area (Å²) in [6, 6.07) is 15.9. The first-order valence-electron chi connectivity index (χ1n) is 9.52. The van der Waals surface area contributed by atoms with Gasteiger partial charge in [0.2, 0.25) is 0 Å². The SMILES string of the molecule is COCCCN1C(=O)C(=O)/C(=C(/O)c2ccccc2)C1c1c[nH]c2ccccc12. The number of amides is 1. The second-order valence-electron chi connectivity index (χ2n) is 6.99. The molecule has 1 fully saturated rings. The number of hydrogen-bond donors (Lipinski definition) is 2. The highest BCUT2D eigenvalue weighted by Crippen LogP contribution is 2.41. The average molecular weight is 390 g/mol. The Bertz CT molecular complexity index is 1080. The van der Waals surface area contributed by atoms with Crippen molar-refractivity contribution in [3.8, 4) is 0 Å². The van der Waals surface area contributed by atoms with Crippen molar-refractivity contribution in [2.75, 3.05) is 20.3 Å². The van der Waals surface area contributed by atoms with Crippen molar-refractivity contribution in [1.29, 1.82) is 0 Å². The molecule has 29 heavy (non-hydrogen) atoms. The number of H-pyrrole nitrogens is 1. The summed E-state index contributed by atoms with van der Waals surface area (Å²) < 4.78 is 5.11. The molecule has 3 aromatic rings. The summed E-state index contributed by atoms with van der Waals surface area (Å²) in [5, 5.41) is 11.9. The number of nitrogens with one attached hydrogen (secondary N) is 1. The number of aromatic amines is 1. The van der Waals surface area contributed by atoms with Gasteiger partial charge in [-0.15, -0.1) is 0 Å². The summed E-state index contributed by atoms with van der Waals surface area (Å²) in [4.78, 5) is 30.6. The first-order valence-corrected chi connectivity index (χ1v) is 9.52. The summed E-state index contributed by atoms with van der Waals surface area (Å²) >= 11 is 0.